The Morgan fingerprint density at radius 2 is 1.61 bits per heavy atom. The Hall–Kier alpha value is -4.24. The number of nitro groups is 1. The molecular weight excluding hydrogens is 426 g/mol. The number of ether oxygens (including phenoxy) is 1. The quantitative estimate of drug-likeness (QED) is 0.336. The highest BCUT2D eigenvalue weighted by Crippen LogP contribution is 2.49. The second kappa shape index (κ2) is 8.03. The van der Waals surface area contributed by atoms with Gasteiger partial charge in [-0.05, 0) is 30.3 Å². The van der Waals surface area contributed by atoms with Gasteiger partial charge in [-0.25, -0.2) is 9.96 Å². The zero-order valence-corrected chi connectivity index (χ0v) is 17.5. The summed E-state index contributed by atoms with van der Waals surface area (Å²) in [5.74, 6) is -1.49. The van der Waals surface area contributed by atoms with Gasteiger partial charge in [0.05, 0.1) is 29.0 Å². The molecule has 5 rings (SSSR count). The van der Waals surface area contributed by atoms with Crippen molar-refractivity contribution < 1.29 is 24.1 Å². The fourth-order valence-corrected chi connectivity index (χ4v) is 4.44. The normalized spacial score (nSPS) is 21.9. The van der Waals surface area contributed by atoms with Crippen LogP contribution in [0, 0.1) is 16.0 Å². The predicted octanol–water partition coefficient (Wildman–Crippen LogP) is 3.65. The number of para-hydroxylation sites is 2. The Balaban J connectivity index is 1.63. The summed E-state index contributed by atoms with van der Waals surface area (Å²) in [5.41, 5.74) is 1.10. The minimum atomic E-state index is -1.12. The van der Waals surface area contributed by atoms with Crippen LogP contribution in [-0.4, -0.2) is 30.0 Å². The van der Waals surface area contributed by atoms with E-state index in [1.165, 1.54) is 18.2 Å². The van der Waals surface area contributed by atoms with E-state index in [4.69, 9.17) is 9.57 Å². The number of hydrogen-bond acceptors (Lipinski definition) is 7. The van der Waals surface area contributed by atoms with Crippen molar-refractivity contribution in [2.75, 3.05) is 17.1 Å². The summed E-state index contributed by atoms with van der Waals surface area (Å²) in [4.78, 5) is 45.4. The molecule has 3 unspecified atom stereocenters. The van der Waals surface area contributed by atoms with Crippen LogP contribution in [0.15, 0.2) is 78.9 Å². The molecule has 0 aromatic heterocycles. The SMILES string of the molecule is COc1cccc(N2C(=O)C3ON(c4ccccc4)C(c4ccccc4[N+](=O)[O-])C3C2=O)c1. The monoisotopic (exact) mass is 445 g/mol. The molecule has 3 aromatic rings. The highest BCUT2D eigenvalue weighted by molar-refractivity contribution is 6.24. The van der Waals surface area contributed by atoms with Crippen LogP contribution in [0.25, 0.3) is 0 Å². The van der Waals surface area contributed by atoms with Crippen molar-refractivity contribution in [3.8, 4) is 5.75 Å². The number of nitro benzene ring substituents is 1. The lowest BCUT2D eigenvalue weighted by molar-refractivity contribution is -0.385. The molecule has 2 saturated heterocycles. The van der Waals surface area contributed by atoms with Crippen LogP contribution in [0.3, 0.4) is 0 Å². The van der Waals surface area contributed by atoms with Crippen molar-refractivity contribution in [3.05, 3.63) is 94.5 Å². The van der Waals surface area contributed by atoms with E-state index in [0.717, 1.165) is 4.90 Å². The molecule has 0 saturated carbocycles. The molecule has 2 aliphatic heterocycles. The molecule has 2 amide bonds. The van der Waals surface area contributed by atoms with E-state index in [-0.39, 0.29) is 5.69 Å². The summed E-state index contributed by atoms with van der Waals surface area (Å²) >= 11 is 0. The lowest BCUT2D eigenvalue weighted by Gasteiger charge is -2.28. The highest BCUT2D eigenvalue weighted by atomic mass is 16.7. The molecule has 3 atom stereocenters. The second-order valence-corrected chi connectivity index (χ2v) is 7.69. The van der Waals surface area contributed by atoms with E-state index in [1.54, 1.807) is 66.7 Å². The molecule has 0 radical (unpaired) electrons. The minimum Gasteiger partial charge on any atom is -0.497 e. The first-order valence-corrected chi connectivity index (χ1v) is 10.3. The summed E-state index contributed by atoms with van der Waals surface area (Å²) < 4.78 is 5.22. The molecule has 3 aromatic carbocycles. The molecule has 0 aliphatic carbocycles. The Labute approximate surface area is 188 Å². The van der Waals surface area contributed by atoms with Crippen LogP contribution in [0.2, 0.25) is 0 Å². The zero-order valence-electron chi connectivity index (χ0n) is 17.5. The van der Waals surface area contributed by atoms with Crippen molar-refractivity contribution in [2.24, 2.45) is 5.92 Å². The summed E-state index contributed by atoms with van der Waals surface area (Å²) in [6.45, 7) is 0. The number of carbonyl (C=O) groups excluding carboxylic acids is 2. The van der Waals surface area contributed by atoms with Crippen molar-refractivity contribution in [3.63, 3.8) is 0 Å². The maximum atomic E-state index is 13.6. The topological polar surface area (TPSA) is 102 Å². The summed E-state index contributed by atoms with van der Waals surface area (Å²) in [7, 11) is 1.49. The molecule has 166 valence electrons. The van der Waals surface area contributed by atoms with Crippen molar-refractivity contribution in [2.45, 2.75) is 12.1 Å². The first-order valence-electron chi connectivity index (χ1n) is 10.3. The number of nitrogens with zero attached hydrogens (tertiary/aromatic N) is 3. The number of anilines is 2. The number of hydrogen-bond donors (Lipinski definition) is 0. The number of amides is 2. The molecule has 9 heteroatoms. The lowest BCUT2D eigenvalue weighted by atomic mass is 9.89. The number of rotatable bonds is 5. The number of methoxy groups -OCH3 is 1. The van der Waals surface area contributed by atoms with E-state index < -0.39 is 34.8 Å². The molecule has 33 heavy (non-hydrogen) atoms. The molecule has 2 heterocycles. The molecule has 2 aliphatic rings. The number of hydroxylamine groups is 1. The van der Waals surface area contributed by atoms with Crippen LogP contribution in [0.1, 0.15) is 11.6 Å². The maximum Gasteiger partial charge on any atom is 0.274 e. The van der Waals surface area contributed by atoms with Crippen LogP contribution < -0.4 is 14.7 Å². The van der Waals surface area contributed by atoms with E-state index in [9.17, 15) is 19.7 Å². The third-order valence-electron chi connectivity index (χ3n) is 5.89. The Morgan fingerprint density at radius 3 is 2.33 bits per heavy atom. The van der Waals surface area contributed by atoms with Gasteiger partial charge >= 0.3 is 0 Å². The highest BCUT2D eigenvalue weighted by Gasteiger charge is 2.61. The third kappa shape index (κ3) is 3.30. The smallest absolute Gasteiger partial charge is 0.274 e. The summed E-state index contributed by atoms with van der Waals surface area (Å²) in [6, 6.07) is 20.9. The predicted molar refractivity (Wildman–Crippen MR) is 119 cm³/mol. The van der Waals surface area contributed by atoms with E-state index in [2.05, 4.69) is 0 Å². The minimum absolute atomic E-state index is 0.146. The number of fused-ring (bicyclic) bond motifs is 1. The van der Waals surface area contributed by atoms with Gasteiger partial charge in [-0.1, -0.05) is 36.4 Å². The van der Waals surface area contributed by atoms with Gasteiger partial charge < -0.3 is 4.74 Å². The van der Waals surface area contributed by atoms with Crippen LogP contribution in [-0.2, 0) is 14.4 Å². The standard InChI is InChI=1S/C24H19N3O6/c1-32-17-11-7-10-16(14-17)25-23(28)20-21(18-12-5-6-13-19(18)27(30)31)26(33-22(20)24(25)29)15-8-3-2-4-9-15/h2-14,20-22H,1H3. The molecule has 2 fully saturated rings. The molecule has 0 bridgehead atoms. The van der Waals surface area contributed by atoms with Gasteiger partial charge in [0, 0.05) is 12.1 Å². The average molecular weight is 445 g/mol. The van der Waals surface area contributed by atoms with Gasteiger partial charge in [-0.2, -0.15) is 0 Å². The molecule has 0 N–H and O–H groups in total. The van der Waals surface area contributed by atoms with Gasteiger partial charge in [0.1, 0.15) is 17.7 Å². The zero-order chi connectivity index (χ0) is 23.1. The average Bonchev–Trinajstić information content (AvgIpc) is 3.35. The van der Waals surface area contributed by atoms with Gasteiger partial charge in [-0.15, -0.1) is 0 Å². The largest absolute Gasteiger partial charge is 0.497 e. The molecular formula is C24H19N3O6. The first-order chi connectivity index (χ1) is 16.0. The van der Waals surface area contributed by atoms with Crippen LogP contribution >= 0.6 is 0 Å². The van der Waals surface area contributed by atoms with E-state index >= 15 is 0 Å². The van der Waals surface area contributed by atoms with Crippen molar-refractivity contribution in [1.29, 1.82) is 0 Å². The van der Waals surface area contributed by atoms with Gasteiger partial charge in [0.15, 0.2) is 6.10 Å². The third-order valence-corrected chi connectivity index (χ3v) is 5.89. The summed E-state index contributed by atoms with van der Waals surface area (Å²) in [6.07, 6.45) is -1.12. The van der Waals surface area contributed by atoms with Crippen LogP contribution in [0.4, 0.5) is 17.1 Å². The second-order valence-electron chi connectivity index (χ2n) is 7.69. The lowest BCUT2D eigenvalue weighted by Crippen LogP contribution is -2.37. The number of benzene rings is 3. The Morgan fingerprint density at radius 1 is 0.909 bits per heavy atom. The first kappa shape index (κ1) is 20.7. The number of imide groups is 1. The Kier molecular flexibility index (Phi) is 5.02. The molecule has 0 spiro atoms. The Bertz CT molecular complexity index is 1250. The van der Waals surface area contributed by atoms with E-state index in [0.29, 0.717) is 22.7 Å². The van der Waals surface area contributed by atoms with Crippen LogP contribution in [0.5, 0.6) is 5.75 Å². The van der Waals surface area contributed by atoms with Gasteiger partial charge in [-0.3, -0.25) is 24.5 Å². The van der Waals surface area contributed by atoms with E-state index in [1.807, 2.05) is 6.07 Å². The number of carbonyl (C=O) groups is 2. The maximum absolute atomic E-state index is 13.6. The summed E-state index contributed by atoms with van der Waals surface area (Å²) in [5, 5.41) is 13.2. The van der Waals surface area contributed by atoms with Gasteiger partial charge in [0.25, 0.3) is 11.6 Å². The molecule has 9 nitrogen and oxygen atoms in total. The fourth-order valence-electron chi connectivity index (χ4n) is 4.44. The fraction of sp³-hybridized carbons (Fsp3) is 0.167. The van der Waals surface area contributed by atoms with Gasteiger partial charge in [0.2, 0.25) is 5.91 Å². The van der Waals surface area contributed by atoms with Crippen molar-refractivity contribution in [1.82, 2.24) is 0 Å². The van der Waals surface area contributed by atoms with Crippen molar-refractivity contribution >= 4 is 28.9 Å².